The van der Waals surface area contributed by atoms with Crippen LogP contribution in [0.2, 0.25) is 0 Å². The zero-order valence-electron chi connectivity index (χ0n) is 16.2. The third-order valence-electron chi connectivity index (χ3n) is 5.31. The summed E-state index contributed by atoms with van der Waals surface area (Å²) in [5.41, 5.74) is 8.16. The third-order valence-corrected chi connectivity index (χ3v) is 5.31. The minimum atomic E-state index is 0.980. The van der Waals surface area contributed by atoms with Crippen LogP contribution in [0, 0.1) is 6.92 Å². The number of nitrogens with zero attached hydrogens (tertiary/aromatic N) is 2. The van der Waals surface area contributed by atoms with E-state index in [4.69, 9.17) is 0 Å². The molecule has 0 saturated carbocycles. The van der Waals surface area contributed by atoms with Gasteiger partial charge in [0.25, 0.3) is 0 Å². The summed E-state index contributed by atoms with van der Waals surface area (Å²) in [6.07, 6.45) is 5.67. The minimum absolute atomic E-state index is 0.980. The second kappa shape index (κ2) is 7.33. The highest BCUT2D eigenvalue weighted by molar-refractivity contribution is 6.04. The van der Waals surface area contributed by atoms with E-state index in [9.17, 15) is 0 Å². The maximum atomic E-state index is 4.49. The van der Waals surface area contributed by atoms with E-state index in [1.54, 1.807) is 0 Å². The first-order valence-electron chi connectivity index (χ1n) is 9.75. The van der Waals surface area contributed by atoms with Crippen molar-refractivity contribution in [3.63, 3.8) is 0 Å². The lowest BCUT2D eigenvalue weighted by Crippen LogP contribution is -1.88. The van der Waals surface area contributed by atoms with Crippen LogP contribution in [0.5, 0.6) is 0 Å². The van der Waals surface area contributed by atoms with Crippen molar-refractivity contribution in [1.82, 2.24) is 9.97 Å². The summed E-state index contributed by atoms with van der Waals surface area (Å²) in [6, 6.07) is 29.8. The van der Waals surface area contributed by atoms with Crippen molar-refractivity contribution in [3.05, 3.63) is 109 Å². The number of pyridine rings is 2. The Bertz CT molecular complexity index is 1290. The molecule has 3 aromatic carbocycles. The van der Waals surface area contributed by atoms with Gasteiger partial charge in [0.15, 0.2) is 0 Å². The zero-order chi connectivity index (χ0) is 19.6. The Morgan fingerprint density at radius 2 is 1.38 bits per heavy atom. The van der Waals surface area contributed by atoms with Crippen molar-refractivity contribution in [2.75, 3.05) is 0 Å². The summed E-state index contributed by atoms with van der Waals surface area (Å²) in [5, 5.41) is 2.37. The lowest BCUT2D eigenvalue weighted by atomic mass is 9.92. The van der Waals surface area contributed by atoms with Crippen LogP contribution in [-0.2, 0) is 0 Å². The molecule has 0 fully saturated rings. The van der Waals surface area contributed by atoms with Crippen molar-refractivity contribution in [1.29, 1.82) is 0 Å². The molecular formula is C27H20N2. The van der Waals surface area contributed by atoms with Crippen molar-refractivity contribution in [3.8, 4) is 33.5 Å². The smallest absolute Gasteiger partial charge is 0.0702 e. The van der Waals surface area contributed by atoms with Crippen molar-refractivity contribution < 1.29 is 0 Å². The van der Waals surface area contributed by atoms with E-state index < -0.39 is 0 Å². The van der Waals surface area contributed by atoms with Gasteiger partial charge in [-0.1, -0.05) is 66.2 Å². The summed E-state index contributed by atoms with van der Waals surface area (Å²) >= 11 is 0. The predicted octanol–water partition coefficient (Wildman–Crippen LogP) is 6.94. The fraction of sp³-hybridized carbons (Fsp3) is 0.0370. The van der Waals surface area contributed by atoms with Crippen LogP contribution in [-0.4, -0.2) is 9.97 Å². The average molecular weight is 372 g/mol. The Hall–Kier alpha value is -3.78. The molecule has 5 aromatic rings. The Morgan fingerprint density at radius 1 is 0.586 bits per heavy atom. The molecule has 0 aliphatic heterocycles. The van der Waals surface area contributed by atoms with Crippen LogP contribution in [0.3, 0.4) is 0 Å². The number of hydrogen-bond donors (Lipinski definition) is 0. The summed E-state index contributed by atoms with van der Waals surface area (Å²) < 4.78 is 0. The fourth-order valence-corrected chi connectivity index (χ4v) is 3.81. The van der Waals surface area contributed by atoms with Crippen LogP contribution in [0.1, 0.15) is 5.56 Å². The Labute approximate surface area is 170 Å². The predicted molar refractivity (Wildman–Crippen MR) is 121 cm³/mol. The molecule has 0 aliphatic carbocycles. The van der Waals surface area contributed by atoms with Gasteiger partial charge in [0, 0.05) is 29.5 Å². The van der Waals surface area contributed by atoms with Gasteiger partial charge in [0.1, 0.15) is 0 Å². The first kappa shape index (κ1) is 17.3. The summed E-state index contributed by atoms with van der Waals surface area (Å²) in [5.74, 6) is 0. The van der Waals surface area contributed by atoms with Crippen molar-refractivity contribution in [2.45, 2.75) is 6.92 Å². The van der Waals surface area contributed by atoms with Crippen LogP contribution >= 0.6 is 0 Å². The first-order valence-corrected chi connectivity index (χ1v) is 9.75. The number of benzene rings is 3. The standard InChI is InChI=1S/C27H20N2/c1-19-8-10-20(11-9-19)23-12-13-24(26-18-28-16-14-25(23)26)21-5-4-6-22(17-21)27-7-2-3-15-29-27/h2-18H,1H3. The fourth-order valence-electron chi connectivity index (χ4n) is 3.81. The number of rotatable bonds is 3. The van der Waals surface area contributed by atoms with Gasteiger partial charge in [-0.2, -0.15) is 0 Å². The molecule has 0 bridgehead atoms. The van der Waals surface area contributed by atoms with Gasteiger partial charge in [-0.3, -0.25) is 9.97 Å². The van der Waals surface area contributed by atoms with E-state index in [0.29, 0.717) is 0 Å². The molecule has 2 aromatic heterocycles. The van der Waals surface area contributed by atoms with Crippen molar-refractivity contribution in [2.24, 2.45) is 0 Å². The monoisotopic (exact) mass is 372 g/mol. The first-order chi connectivity index (χ1) is 14.3. The molecule has 0 saturated heterocycles. The van der Waals surface area contributed by atoms with Crippen LogP contribution < -0.4 is 0 Å². The van der Waals surface area contributed by atoms with Gasteiger partial charge in [0.2, 0.25) is 0 Å². The highest BCUT2D eigenvalue weighted by Gasteiger charge is 2.10. The molecule has 2 heterocycles. The number of fused-ring (bicyclic) bond motifs is 1. The van der Waals surface area contributed by atoms with E-state index in [1.165, 1.54) is 33.2 Å². The maximum Gasteiger partial charge on any atom is 0.0702 e. The lowest BCUT2D eigenvalue weighted by molar-refractivity contribution is 1.33. The molecule has 0 amide bonds. The average Bonchev–Trinajstić information content (AvgIpc) is 2.80. The molecule has 2 nitrogen and oxygen atoms in total. The summed E-state index contributed by atoms with van der Waals surface area (Å²) in [7, 11) is 0. The number of hydrogen-bond acceptors (Lipinski definition) is 2. The normalized spacial score (nSPS) is 10.9. The highest BCUT2D eigenvalue weighted by atomic mass is 14.7. The molecule has 0 aliphatic rings. The summed E-state index contributed by atoms with van der Waals surface area (Å²) in [6.45, 7) is 2.11. The van der Waals surface area contributed by atoms with E-state index in [1.807, 2.05) is 36.8 Å². The largest absolute Gasteiger partial charge is 0.264 e. The SMILES string of the molecule is Cc1ccc(-c2ccc(-c3cccc(-c4ccccn4)c3)c3cnccc23)cc1. The van der Waals surface area contributed by atoms with Crippen LogP contribution in [0.4, 0.5) is 0 Å². The van der Waals surface area contributed by atoms with E-state index in [0.717, 1.165) is 16.6 Å². The maximum absolute atomic E-state index is 4.49. The van der Waals surface area contributed by atoms with E-state index >= 15 is 0 Å². The lowest BCUT2D eigenvalue weighted by Gasteiger charge is -2.13. The molecule has 138 valence electrons. The van der Waals surface area contributed by atoms with E-state index in [-0.39, 0.29) is 0 Å². The highest BCUT2D eigenvalue weighted by Crippen LogP contribution is 2.36. The van der Waals surface area contributed by atoms with Gasteiger partial charge in [-0.25, -0.2) is 0 Å². The summed E-state index contributed by atoms with van der Waals surface area (Å²) in [4.78, 5) is 8.91. The molecular weight excluding hydrogens is 352 g/mol. The second-order valence-electron chi connectivity index (χ2n) is 7.24. The molecule has 5 rings (SSSR count). The van der Waals surface area contributed by atoms with Gasteiger partial charge < -0.3 is 0 Å². The van der Waals surface area contributed by atoms with E-state index in [2.05, 4.69) is 83.6 Å². The molecule has 0 N–H and O–H groups in total. The topological polar surface area (TPSA) is 25.8 Å². The van der Waals surface area contributed by atoms with Crippen LogP contribution in [0.15, 0.2) is 104 Å². The molecule has 0 unspecified atom stereocenters. The van der Waals surface area contributed by atoms with Gasteiger partial charge >= 0.3 is 0 Å². The van der Waals surface area contributed by atoms with Gasteiger partial charge in [0.05, 0.1) is 5.69 Å². The third kappa shape index (κ3) is 3.30. The molecule has 0 atom stereocenters. The molecule has 29 heavy (non-hydrogen) atoms. The molecule has 0 spiro atoms. The van der Waals surface area contributed by atoms with Crippen molar-refractivity contribution >= 4 is 10.8 Å². The Morgan fingerprint density at radius 3 is 2.17 bits per heavy atom. The number of aryl methyl sites for hydroxylation is 1. The minimum Gasteiger partial charge on any atom is -0.264 e. The quantitative estimate of drug-likeness (QED) is 0.343. The van der Waals surface area contributed by atoms with Gasteiger partial charge in [-0.15, -0.1) is 0 Å². The Balaban J connectivity index is 1.68. The molecule has 2 heteroatoms. The van der Waals surface area contributed by atoms with Gasteiger partial charge in [-0.05, 0) is 58.8 Å². The second-order valence-corrected chi connectivity index (χ2v) is 7.24. The number of aromatic nitrogens is 2. The van der Waals surface area contributed by atoms with Crippen LogP contribution in [0.25, 0.3) is 44.3 Å². The molecule has 0 radical (unpaired) electrons. The Kier molecular flexibility index (Phi) is 4.38. The zero-order valence-corrected chi connectivity index (χ0v) is 16.2.